The molecule has 0 aliphatic heterocycles. The summed E-state index contributed by atoms with van der Waals surface area (Å²) in [4.78, 5) is 2.51. The van der Waals surface area contributed by atoms with Crippen LogP contribution in [0.5, 0.6) is 5.75 Å². The first kappa shape index (κ1) is 15.3. The Kier molecular flexibility index (Phi) is 5.83. The summed E-state index contributed by atoms with van der Waals surface area (Å²) < 4.78 is 5.11. The molecule has 1 aromatic carbocycles. The average molecular weight is 278 g/mol. The number of benzene rings is 1. The summed E-state index contributed by atoms with van der Waals surface area (Å²) in [6, 6.07) is 8.39. The number of likely N-dealkylation sites (N-methyl/N-ethyl adjacent to an activating group) is 1. The van der Waals surface area contributed by atoms with Crippen LogP contribution in [-0.2, 0) is 0 Å². The molecule has 1 unspecified atom stereocenters. The lowest BCUT2D eigenvalue weighted by Gasteiger charge is -2.20. The standard InChI is InChI=1S/C16H26N2O2/c1-3-18(14-6-7-14)11-10-17-12-16(19)13-4-8-15(20-2)9-5-13/h4-5,8-9,14,16-17,19H,3,6-7,10-12H2,1-2H3. The molecule has 1 aromatic rings. The molecule has 0 radical (unpaired) electrons. The largest absolute Gasteiger partial charge is 0.497 e. The molecule has 20 heavy (non-hydrogen) atoms. The molecule has 2 N–H and O–H groups in total. The van der Waals surface area contributed by atoms with Gasteiger partial charge in [-0.3, -0.25) is 4.90 Å². The highest BCUT2D eigenvalue weighted by atomic mass is 16.5. The molecule has 0 aromatic heterocycles. The Bertz CT molecular complexity index is 390. The summed E-state index contributed by atoms with van der Waals surface area (Å²) in [6.07, 6.45) is 2.24. The van der Waals surface area contributed by atoms with E-state index in [1.807, 2.05) is 24.3 Å². The minimum Gasteiger partial charge on any atom is -0.497 e. The van der Waals surface area contributed by atoms with Gasteiger partial charge in [0, 0.05) is 25.7 Å². The first-order valence-electron chi connectivity index (χ1n) is 7.51. The summed E-state index contributed by atoms with van der Waals surface area (Å²) in [7, 11) is 1.65. The fraction of sp³-hybridized carbons (Fsp3) is 0.625. The first-order chi connectivity index (χ1) is 9.74. The smallest absolute Gasteiger partial charge is 0.118 e. The van der Waals surface area contributed by atoms with Crippen molar-refractivity contribution in [3.8, 4) is 5.75 Å². The molecular weight excluding hydrogens is 252 g/mol. The van der Waals surface area contributed by atoms with E-state index in [9.17, 15) is 5.11 Å². The second kappa shape index (κ2) is 7.62. The number of hydrogen-bond donors (Lipinski definition) is 2. The van der Waals surface area contributed by atoms with Gasteiger partial charge in [0.05, 0.1) is 13.2 Å². The van der Waals surface area contributed by atoms with Crippen LogP contribution in [0.1, 0.15) is 31.4 Å². The van der Waals surface area contributed by atoms with Crippen molar-refractivity contribution in [3.63, 3.8) is 0 Å². The van der Waals surface area contributed by atoms with Crippen LogP contribution in [0.25, 0.3) is 0 Å². The van der Waals surface area contributed by atoms with Crippen molar-refractivity contribution < 1.29 is 9.84 Å². The second-order valence-electron chi connectivity index (χ2n) is 5.35. The predicted molar refractivity (Wildman–Crippen MR) is 81.1 cm³/mol. The maximum atomic E-state index is 10.1. The van der Waals surface area contributed by atoms with E-state index in [-0.39, 0.29) is 0 Å². The third kappa shape index (κ3) is 4.47. The molecule has 1 atom stereocenters. The summed E-state index contributed by atoms with van der Waals surface area (Å²) in [5, 5.41) is 13.4. The molecule has 0 amide bonds. The number of nitrogens with zero attached hydrogens (tertiary/aromatic N) is 1. The van der Waals surface area contributed by atoms with Crippen LogP contribution >= 0.6 is 0 Å². The van der Waals surface area contributed by atoms with Gasteiger partial charge in [-0.25, -0.2) is 0 Å². The van der Waals surface area contributed by atoms with Gasteiger partial charge >= 0.3 is 0 Å². The molecule has 4 nitrogen and oxygen atoms in total. The zero-order valence-corrected chi connectivity index (χ0v) is 12.5. The van der Waals surface area contributed by atoms with E-state index in [1.54, 1.807) is 7.11 Å². The molecule has 1 fully saturated rings. The number of hydrogen-bond acceptors (Lipinski definition) is 4. The van der Waals surface area contributed by atoms with Crippen LogP contribution in [0, 0.1) is 0 Å². The number of ether oxygens (including phenoxy) is 1. The third-order valence-corrected chi connectivity index (χ3v) is 3.88. The van der Waals surface area contributed by atoms with Gasteiger partial charge in [0.1, 0.15) is 5.75 Å². The molecule has 4 heteroatoms. The maximum Gasteiger partial charge on any atom is 0.118 e. The van der Waals surface area contributed by atoms with E-state index in [0.29, 0.717) is 6.54 Å². The summed E-state index contributed by atoms with van der Waals surface area (Å²) in [5.74, 6) is 0.817. The van der Waals surface area contributed by atoms with Gasteiger partial charge in [0.25, 0.3) is 0 Å². The topological polar surface area (TPSA) is 44.7 Å². The molecule has 1 aliphatic rings. The van der Waals surface area contributed by atoms with Gasteiger partial charge in [-0.05, 0) is 37.1 Å². The van der Waals surface area contributed by atoms with E-state index in [2.05, 4.69) is 17.1 Å². The van der Waals surface area contributed by atoms with Gasteiger partial charge in [-0.15, -0.1) is 0 Å². The number of methoxy groups -OCH3 is 1. The fourth-order valence-corrected chi connectivity index (χ4v) is 2.44. The van der Waals surface area contributed by atoms with Crippen molar-refractivity contribution >= 4 is 0 Å². The Balaban J connectivity index is 1.67. The molecule has 1 saturated carbocycles. The van der Waals surface area contributed by atoms with E-state index >= 15 is 0 Å². The minimum atomic E-state index is -0.461. The summed E-state index contributed by atoms with van der Waals surface area (Å²) in [6.45, 7) is 5.92. The van der Waals surface area contributed by atoms with Crippen LogP contribution in [0.15, 0.2) is 24.3 Å². The first-order valence-corrected chi connectivity index (χ1v) is 7.51. The molecule has 1 aliphatic carbocycles. The highest BCUT2D eigenvalue weighted by Gasteiger charge is 2.27. The Morgan fingerprint density at radius 3 is 2.60 bits per heavy atom. The van der Waals surface area contributed by atoms with E-state index in [4.69, 9.17) is 4.74 Å². The van der Waals surface area contributed by atoms with Crippen molar-refractivity contribution in [2.45, 2.75) is 31.9 Å². The highest BCUT2D eigenvalue weighted by Crippen LogP contribution is 2.25. The fourth-order valence-electron chi connectivity index (χ4n) is 2.44. The lowest BCUT2D eigenvalue weighted by Crippen LogP contribution is -2.35. The average Bonchev–Trinajstić information content (AvgIpc) is 3.32. The molecule has 2 rings (SSSR count). The Morgan fingerprint density at radius 2 is 2.05 bits per heavy atom. The van der Waals surface area contributed by atoms with E-state index in [0.717, 1.165) is 37.0 Å². The van der Waals surface area contributed by atoms with Gasteiger partial charge < -0.3 is 15.2 Å². The normalized spacial score (nSPS) is 16.4. The van der Waals surface area contributed by atoms with Crippen LogP contribution in [0.2, 0.25) is 0 Å². The molecular formula is C16H26N2O2. The summed E-state index contributed by atoms with van der Waals surface area (Å²) in [5.41, 5.74) is 0.924. The zero-order valence-electron chi connectivity index (χ0n) is 12.5. The Morgan fingerprint density at radius 1 is 1.35 bits per heavy atom. The lowest BCUT2D eigenvalue weighted by atomic mass is 10.1. The van der Waals surface area contributed by atoms with Crippen LogP contribution in [0.3, 0.4) is 0 Å². The van der Waals surface area contributed by atoms with Gasteiger partial charge in [-0.2, -0.15) is 0 Å². The molecule has 0 spiro atoms. The quantitative estimate of drug-likeness (QED) is 0.676. The monoisotopic (exact) mass is 278 g/mol. The Labute approximate surface area is 121 Å². The van der Waals surface area contributed by atoms with Crippen molar-refractivity contribution in [1.82, 2.24) is 10.2 Å². The second-order valence-corrected chi connectivity index (χ2v) is 5.35. The van der Waals surface area contributed by atoms with Gasteiger partial charge in [0.15, 0.2) is 0 Å². The molecule has 0 bridgehead atoms. The van der Waals surface area contributed by atoms with Crippen LogP contribution in [0.4, 0.5) is 0 Å². The third-order valence-electron chi connectivity index (χ3n) is 3.88. The minimum absolute atomic E-state index is 0.461. The van der Waals surface area contributed by atoms with E-state index in [1.165, 1.54) is 12.8 Å². The van der Waals surface area contributed by atoms with Crippen molar-refractivity contribution in [1.29, 1.82) is 0 Å². The maximum absolute atomic E-state index is 10.1. The van der Waals surface area contributed by atoms with Crippen LogP contribution < -0.4 is 10.1 Å². The number of aliphatic hydroxyl groups is 1. The summed E-state index contributed by atoms with van der Waals surface area (Å²) >= 11 is 0. The van der Waals surface area contributed by atoms with Crippen molar-refractivity contribution in [3.05, 3.63) is 29.8 Å². The molecule has 112 valence electrons. The number of aliphatic hydroxyl groups excluding tert-OH is 1. The molecule has 0 saturated heterocycles. The van der Waals surface area contributed by atoms with Crippen molar-refractivity contribution in [2.24, 2.45) is 0 Å². The number of rotatable bonds is 9. The predicted octanol–water partition coefficient (Wildman–Crippen LogP) is 1.80. The lowest BCUT2D eigenvalue weighted by molar-refractivity contribution is 0.171. The molecule has 0 heterocycles. The zero-order chi connectivity index (χ0) is 14.4. The number of nitrogens with one attached hydrogen (secondary N) is 1. The van der Waals surface area contributed by atoms with Gasteiger partial charge in [0.2, 0.25) is 0 Å². The highest BCUT2D eigenvalue weighted by molar-refractivity contribution is 5.28. The SMILES string of the molecule is CCN(CCNCC(O)c1ccc(OC)cc1)C1CC1. The van der Waals surface area contributed by atoms with Crippen LogP contribution in [-0.4, -0.2) is 49.3 Å². The Hall–Kier alpha value is -1.10. The van der Waals surface area contributed by atoms with Gasteiger partial charge in [-0.1, -0.05) is 19.1 Å². The van der Waals surface area contributed by atoms with E-state index < -0.39 is 6.10 Å². The van der Waals surface area contributed by atoms with Crippen molar-refractivity contribution in [2.75, 3.05) is 33.3 Å².